The molecule has 1 aromatic heterocycles. The van der Waals surface area contributed by atoms with Crippen LogP contribution in [0.1, 0.15) is 28.4 Å². The van der Waals surface area contributed by atoms with Crippen LogP contribution in [-0.4, -0.2) is 17.5 Å². The van der Waals surface area contributed by atoms with Crippen molar-refractivity contribution < 1.29 is 9.53 Å². The Morgan fingerprint density at radius 1 is 1.00 bits per heavy atom. The van der Waals surface area contributed by atoms with Crippen LogP contribution in [0.4, 0.5) is 11.4 Å². The van der Waals surface area contributed by atoms with Gasteiger partial charge in [0.25, 0.3) is 5.91 Å². The average molecular weight is 361 g/mol. The minimum atomic E-state index is -0.203. The Morgan fingerprint density at radius 2 is 1.74 bits per heavy atom. The molecule has 27 heavy (non-hydrogen) atoms. The van der Waals surface area contributed by atoms with Gasteiger partial charge in [-0.3, -0.25) is 9.78 Å². The number of nitrogens with one attached hydrogen (secondary N) is 2. The molecule has 2 aromatic carbocycles. The molecule has 0 radical (unpaired) electrons. The first-order valence-corrected chi connectivity index (χ1v) is 8.92. The molecule has 0 spiro atoms. The van der Waals surface area contributed by atoms with Crippen LogP contribution in [0.5, 0.6) is 5.75 Å². The summed E-state index contributed by atoms with van der Waals surface area (Å²) >= 11 is 0. The van der Waals surface area contributed by atoms with E-state index in [4.69, 9.17) is 4.74 Å². The summed E-state index contributed by atoms with van der Waals surface area (Å²) in [5.41, 5.74) is 4.41. The predicted molar refractivity (Wildman–Crippen MR) is 108 cm³/mol. The van der Waals surface area contributed by atoms with Gasteiger partial charge in [-0.1, -0.05) is 29.8 Å². The number of aromatic nitrogens is 1. The lowest BCUT2D eigenvalue weighted by atomic mass is 10.1. The van der Waals surface area contributed by atoms with Gasteiger partial charge in [0, 0.05) is 24.6 Å². The molecule has 0 bridgehead atoms. The van der Waals surface area contributed by atoms with Gasteiger partial charge in [-0.15, -0.1) is 0 Å². The second kappa shape index (κ2) is 8.85. The van der Waals surface area contributed by atoms with Gasteiger partial charge in [0.2, 0.25) is 0 Å². The summed E-state index contributed by atoms with van der Waals surface area (Å²) in [5, 5.41) is 6.17. The summed E-state index contributed by atoms with van der Waals surface area (Å²) < 4.78 is 5.41. The normalized spacial score (nSPS) is 10.3. The summed E-state index contributed by atoms with van der Waals surface area (Å²) in [4.78, 5) is 16.6. The highest BCUT2D eigenvalue weighted by Crippen LogP contribution is 2.17. The smallest absolute Gasteiger partial charge is 0.257 e. The van der Waals surface area contributed by atoms with Crippen molar-refractivity contribution in [2.75, 3.05) is 17.2 Å². The molecule has 0 fully saturated rings. The number of aryl methyl sites for hydroxylation is 1. The maximum absolute atomic E-state index is 12.5. The molecule has 0 saturated heterocycles. The van der Waals surface area contributed by atoms with E-state index >= 15 is 0 Å². The average Bonchev–Trinajstić information content (AvgIpc) is 2.69. The third-order valence-electron chi connectivity index (χ3n) is 4.04. The van der Waals surface area contributed by atoms with Crippen molar-refractivity contribution in [3.05, 3.63) is 83.7 Å². The number of amides is 1. The Bertz CT molecular complexity index is 890. The van der Waals surface area contributed by atoms with Gasteiger partial charge < -0.3 is 15.4 Å². The van der Waals surface area contributed by atoms with Gasteiger partial charge in [0.1, 0.15) is 5.75 Å². The minimum absolute atomic E-state index is 0.203. The maximum atomic E-state index is 12.5. The SMILES string of the molecule is CCOc1ccc(NC(=O)c2cncc(NCc3ccc(C)cc3)c2)cc1. The van der Waals surface area contributed by atoms with Crippen molar-refractivity contribution in [3.8, 4) is 5.75 Å². The lowest BCUT2D eigenvalue weighted by molar-refractivity contribution is 0.102. The Labute approximate surface area is 159 Å². The summed E-state index contributed by atoms with van der Waals surface area (Å²) in [6, 6.07) is 17.4. The van der Waals surface area contributed by atoms with Gasteiger partial charge in [0.05, 0.1) is 17.9 Å². The molecular formula is C22H23N3O2. The molecular weight excluding hydrogens is 338 g/mol. The van der Waals surface area contributed by atoms with E-state index < -0.39 is 0 Å². The molecule has 2 N–H and O–H groups in total. The minimum Gasteiger partial charge on any atom is -0.494 e. The molecule has 5 heteroatoms. The van der Waals surface area contributed by atoms with E-state index in [1.807, 2.05) is 31.2 Å². The van der Waals surface area contributed by atoms with Gasteiger partial charge in [-0.25, -0.2) is 0 Å². The molecule has 3 rings (SSSR count). The zero-order chi connectivity index (χ0) is 19.1. The van der Waals surface area contributed by atoms with Crippen molar-refractivity contribution in [2.45, 2.75) is 20.4 Å². The number of rotatable bonds is 7. The van der Waals surface area contributed by atoms with Crippen LogP contribution in [0, 0.1) is 6.92 Å². The van der Waals surface area contributed by atoms with Gasteiger partial charge in [-0.2, -0.15) is 0 Å². The van der Waals surface area contributed by atoms with Crippen LogP contribution >= 0.6 is 0 Å². The topological polar surface area (TPSA) is 63.2 Å². The van der Waals surface area contributed by atoms with E-state index in [0.29, 0.717) is 24.4 Å². The van der Waals surface area contributed by atoms with Crippen molar-refractivity contribution in [2.24, 2.45) is 0 Å². The zero-order valence-corrected chi connectivity index (χ0v) is 15.5. The summed E-state index contributed by atoms with van der Waals surface area (Å²) in [5.74, 6) is 0.574. The zero-order valence-electron chi connectivity index (χ0n) is 15.5. The molecule has 5 nitrogen and oxygen atoms in total. The number of ether oxygens (including phenoxy) is 1. The number of hydrogen-bond donors (Lipinski definition) is 2. The van der Waals surface area contributed by atoms with E-state index in [2.05, 4.69) is 46.8 Å². The molecule has 138 valence electrons. The third kappa shape index (κ3) is 5.31. The largest absolute Gasteiger partial charge is 0.494 e. The first kappa shape index (κ1) is 18.5. The highest BCUT2D eigenvalue weighted by molar-refractivity contribution is 6.04. The quantitative estimate of drug-likeness (QED) is 0.643. The number of carbonyl (C=O) groups is 1. The van der Waals surface area contributed by atoms with Gasteiger partial charge >= 0.3 is 0 Å². The lowest BCUT2D eigenvalue weighted by Crippen LogP contribution is -2.12. The number of anilines is 2. The second-order valence-corrected chi connectivity index (χ2v) is 6.21. The van der Waals surface area contributed by atoms with E-state index in [1.54, 1.807) is 18.5 Å². The second-order valence-electron chi connectivity index (χ2n) is 6.21. The van der Waals surface area contributed by atoms with E-state index in [-0.39, 0.29) is 5.91 Å². The highest BCUT2D eigenvalue weighted by Gasteiger charge is 2.08. The van der Waals surface area contributed by atoms with Crippen LogP contribution in [-0.2, 0) is 6.54 Å². The summed E-state index contributed by atoms with van der Waals surface area (Å²) in [6.45, 7) is 5.28. The van der Waals surface area contributed by atoms with Gasteiger partial charge in [0.15, 0.2) is 0 Å². The molecule has 0 unspecified atom stereocenters. The highest BCUT2D eigenvalue weighted by atomic mass is 16.5. The molecule has 0 aliphatic carbocycles. The van der Waals surface area contributed by atoms with Crippen LogP contribution in [0.3, 0.4) is 0 Å². The van der Waals surface area contributed by atoms with Crippen LogP contribution < -0.4 is 15.4 Å². The fourth-order valence-electron chi connectivity index (χ4n) is 2.58. The van der Waals surface area contributed by atoms with Crippen LogP contribution in [0.15, 0.2) is 67.0 Å². The molecule has 3 aromatic rings. The molecule has 0 aliphatic heterocycles. The first-order chi connectivity index (χ1) is 13.1. The maximum Gasteiger partial charge on any atom is 0.257 e. The van der Waals surface area contributed by atoms with E-state index in [0.717, 1.165) is 11.4 Å². The molecule has 0 aliphatic rings. The number of pyridine rings is 1. The molecule has 1 heterocycles. The van der Waals surface area contributed by atoms with Crippen molar-refractivity contribution in [1.29, 1.82) is 0 Å². The molecule has 1 amide bonds. The monoisotopic (exact) mass is 361 g/mol. The lowest BCUT2D eigenvalue weighted by Gasteiger charge is -2.09. The molecule has 0 atom stereocenters. The number of carbonyl (C=O) groups excluding carboxylic acids is 1. The van der Waals surface area contributed by atoms with Gasteiger partial charge in [-0.05, 0) is 49.7 Å². The first-order valence-electron chi connectivity index (χ1n) is 8.92. The van der Waals surface area contributed by atoms with E-state index in [9.17, 15) is 4.79 Å². The van der Waals surface area contributed by atoms with Crippen LogP contribution in [0.2, 0.25) is 0 Å². The Hall–Kier alpha value is -3.34. The Kier molecular flexibility index (Phi) is 6.05. The Balaban J connectivity index is 1.61. The van der Waals surface area contributed by atoms with Crippen molar-refractivity contribution in [3.63, 3.8) is 0 Å². The number of hydrogen-bond acceptors (Lipinski definition) is 4. The third-order valence-corrected chi connectivity index (χ3v) is 4.04. The summed E-state index contributed by atoms with van der Waals surface area (Å²) in [7, 11) is 0. The van der Waals surface area contributed by atoms with Crippen molar-refractivity contribution in [1.82, 2.24) is 4.98 Å². The van der Waals surface area contributed by atoms with E-state index in [1.165, 1.54) is 11.1 Å². The Morgan fingerprint density at radius 3 is 2.44 bits per heavy atom. The van der Waals surface area contributed by atoms with Crippen molar-refractivity contribution >= 4 is 17.3 Å². The number of nitrogens with zero attached hydrogens (tertiary/aromatic N) is 1. The predicted octanol–water partition coefficient (Wildman–Crippen LogP) is 4.65. The fraction of sp³-hybridized carbons (Fsp3) is 0.182. The molecule has 0 saturated carbocycles. The number of benzene rings is 2. The van der Waals surface area contributed by atoms with Crippen LogP contribution in [0.25, 0.3) is 0 Å². The fourth-order valence-corrected chi connectivity index (χ4v) is 2.58. The summed E-state index contributed by atoms with van der Waals surface area (Å²) in [6.07, 6.45) is 3.27. The standard InChI is InChI=1S/C22H23N3O2/c1-3-27-21-10-8-19(9-11-21)25-22(26)18-12-20(15-23-14-18)24-13-17-6-4-16(2)5-7-17/h4-12,14-15,24H,3,13H2,1-2H3,(H,25,26).